The van der Waals surface area contributed by atoms with Crippen LogP contribution in [0.5, 0.6) is 0 Å². The molecule has 0 aliphatic carbocycles. The highest BCUT2D eigenvalue weighted by Gasteiger charge is 2.63. The normalized spacial score (nSPS) is 28.5. The second-order valence-corrected chi connectivity index (χ2v) is 7.93. The first-order valence-electron chi connectivity index (χ1n) is 9.32. The summed E-state index contributed by atoms with van der Waals surface area (Å²) >= 11 is 5.97. The molecular weight excluding hydrogens is 362 g/mol. The van der Waals surface area contributed by atoms with Gasteiger partial charge < -0.3 is 0 Å². The van der Waals surface area contributed by atoms with Crippen molar-refractivity contribution in [3.8, 4) is 0 Å². The molecule has 0 saturated carbocycles. The lowest BCUT2D eigenvalue weighted by Gasteiger charge is -2.32. The van der Waals surface area contributed by atoms with Crippen LogP contribution in [-0.4, -0.2) is 40.5 Å². The molecule has 2 aromatic rings. The summed E-state index contributed by atoms with van der Waals surface area (Å²) in [5.41, 5.74) is 1.03. The highest BCUT2D eigenvalue weighted by molar-refractivity contribution is 6.31. The van der Waals surface area contributed by atoms with Crippen molar-refractivity contribution < 1.29 is 9.59 Å². The fourth-order valence-electron chi connectivity index (χ4n) is 4.85. The molecule has 0 bridgehead atoms. The highest BCUT2D eigenvalue weighted by atomic mass is 35.5. The molecule has 5 rings (SSSR count). The molecule has 5 nitrogen and oxygen atoms in total. The van der Waals surface area contributed by atoms with Crippen LogP contribution in [0.3, 0.4) is 0 Å². The SMILES string of the molecule is O=C1CC2(CC(c3ccccc3)N3CCCN32)C(=O)N1c1ccc(Cl)cc1. The lowest BCUT2D eigenvalue weighted by atomic mass is 9.88. The van der Waals surface area contributed by atoms with Crippen LogP contribution >= 0.6 is 11.6 Å². The molecule has 2 atom stereocenters. The lowest BCUT2D eigenvalue weighted by Crippen LogP contribution is -2.52. The number of carbonyl (C=O) groups excluding carboxylic acids is 2. The van der Waals surface area contributed by atoms with E-state index in [-0.39, 0.29) is 24.3 Å². The Hall–Kier alpha value is -2.21. The van der Waals surface area contributed by atoms with Crippen molar-refractivity contribution in [3.05, 3.63) is 65.2 Å². The van der Waals surface area contributed by atoms with Gasteiger partial charge in [0, 0.05) is 18.1 Å². The second kappa shape index (κ2) is 6.16. The maximum absolute atomic E-state index is 13.5. The minimum absolute atomic E-state index is 0.111. The van der Waals surface area contributed by atoms with Gasteiger partial charge in [-0.05, 0) is 42.7 Å². The van der Waals surface area contributed by atoms with E-state index in [1.807, 2.05) is 18.2 Å². The monoisotopic (exact) mass is 381 g/mol. The zero-order valence-corrected chi connectivity index (χ0v) is 15.6. The standard InChI is InChI=1S/C21H20ClN3O2/c22-16-7-9-17(10-8-16)25-19(26)14-21(20(25)27)13-18(15-5-2-1-3-6-15)23-11-4-12-24(21)23/h1-3,5-10,18H,4,11-14H2. The maximum atomic E-state index is 13.5. The molecule has 0 aromatic heterocycles. The van der Waals surface area contributed by atoms with E-state index in [1.54, 1.807) is 24.3 Å². The van der Waals surface area contributed by atoms with Gasteiger partial charge in [-0.15, -0.1) is 0 Å². The van der Waals surface area contributed by atoms with Crippen LogP contribution in [0.15, 0.2) is 54.6 Å². The second-order valence-electron chi connectivity index (χ2n) is 7.49. The van der Waals surface area contributed by atoms with E-state index in [4.69, 9.17) is 11.6 Å². The van der Waals surface area contributed by atoms with E-state index in [9.17, 15) is 9.59 Å². The Kier molecular flexibility index (Phi) is 3.86. The molecule has 1 spiro atoms. The first kappa shape index (κ1) is 16.9. The predicted octanol–water partition coefficient (Wildman–Crippen LogP) is 3.41. The summed E-state index contributed by atoms with van der Waals surface area (Å²) in [6.07, 6.45) is 1.88. The Morgan fingerprint density at radius 2 is 1.70 bits per heavy atom. The molecule has 27 heavy (non-hydrogen) atoms. The summed E-state index contributed by atoms with van der Waals surface area (Å²) in [7, 11) is 0. The van der Waals surface area contributed by atoms with E-state index >= 15 is 0 Å². The van der Waals surface area contributed by atoms with Crippen molar-refractivity contribution in [2.45, 2.75) is 30.8 Å². The number of hydrogen-bond donors (Lipinski definition) is 0. The molecule has 3 heterocycles. The zero-order valence-electron chi connectivity index (χ0n) is 14.8. The lowest BCUT2D eigenvalue weighted by molar-refractivity contribution is -0.131. The van der Waals surface area contributed by atoms with Gasteiger partial charge in [-0.25, -0.2) is 14.9 Å². The molecule has 3 aliphatic rings. The van der Waals surface area contributed by atoms with Crippen molar-refractivity contribution in [2.75, 3.05) is 18.0 Å². The van der Waals surface area contributed by atoms with E-state index in [1.165, 1.54) is 10.5 Å². The topological polar surface area (TPSA) is 43.9 Å². The third-order valence-corrected chi connectivity index (χ3v) is 6.27. The minimum atomic E-state index is -0.770. The Balaban J connectivity index is 1.53. The average molecular weight is 382 g/mol. The number of imide groups is 1. The van der Waals surface area contributed by atoms with Crippen LogP contribution in [0.25, 0.3) is 0 Å². The van der Waals surface area contributed by atoms with Crippen LogP contribution in [-0.2, 0) is 9.59 Å². The molecule has 138 valence electrons. The quantitative estimate of drug-likeness (QED) is 0.748. The van der Waals surface area contributed by atoms with E-state index < -0.39 is 5.54 Å². The number of carbonyl (C=O) groups is 2. The average Bonchev–Trinajstić information content (AvgIpc) is 3.33. The van der Waals surface area contributed by atoms with Crippen molar-refractivity contribution in [1.29, 1.82) is 0 Å². The predicted molar refractivity (Wildman–Crippen MR) is 103 cm³/mol. The summed E-state index contributed by atoms with van der Waals surface area (Å²) in [4.78, 5) is 27.8. The molecule has 3 saturated heterocycles. The maximum Gasteiger partial charge on any atom is 0.256 e. The number of anilines is 1. The molecule has 0 radical (unpaired) electrons. The van der Waals surface area contributed by atoms with Gasteiger partial charge in [0.25, 0.3) is 5.91 Å². The van der Waals surface area contributed by atoms with E-state index in [2.05, 4.69) is 22.2 Å². The van der Waals surface area contributed by atoms with Crippen LogP contribution in [0.2, 0.25) is 5.02 Å². The molecule has 2 amide bonds. The van der Waals surface area contributed by atoms with Gasteiger partial charge in [0.2, 0.25) is 5.91 Å². The third-order valence-electron chi connectivity index (χ3n) is 6.02. The summed E-state index contributed by atoms with van der Waals surface area (Å²) in [6.45, 7) is 1.74. The Morgan fingerprint density at radius 3 is 2.44 bits per heavy atom. The van der Waals surface area contributed by atoms with Crippen molar-refractivity contribution in [2.24, 2.45) is 0 Å². The summed E-state index contributed by atoms with van der Waals surface area (Å²) < 4.78 is 0. The number of hydrogen-bond acceptors (Lipinski definition) is 4. The van der Waals surface area contributed by atoms with E-state index in [0.29, 0.717) is 17.1 Å². The van der Waals surface area contributed by atoms with Crippen molar-refractivity contribution in [1.82, 2.24) is 10.0 Å². The first-order valence-corrected chi connectivity index (χ1v) is 9.70. The van der Waals surface area contributed by atoms with Crippen LogP contribution in [0.1, 0.15) is 30.9 Å². The van der Waals surface area contributed by atoms with Gasteiger partial charge in [0.15, 0.2) is 0 Å². The van der Waals surface area contributed by atoms with Gasteiger partial charge >= 0.3 is 0 Å². The van der Waals surface area contributed by atoms with Crippen molar-refractivity contribution in [3.63, 3.8) is 0 Å². The summed E-state index contributed by atoms with van der Waals surface area (Å²) in [5, 5.41) is 5.05. The number of fused-ring (bicyclic) bond motifs is 2. The first-order chi connectivity index (χ1) is 13.1. The summed E-state index contributed by atoms with van der Waals surface area (Å²) in [6, 6.07) is 17.3. The van der Waals surface area contributed by atoms with Gasteiger partial charge in [0.1, 0.15) is 5.54 Å². The zero-order chi connectivity index (χ0) is 18.6. The molecular formula is C21H20ClN3O2. The Bertz CT molecular complexity index is 901. The molecule has 3 aliphatic heterocycles. The number of nitrogens with zero attached hydrogens (tertiary/aromatic N) is 3. The molecule has 6 heteroatoms. The van der Waals surface area contributed by atoms with Gasteiger partial charge in [-0.3, -0.25) is 9.59 Å². The Labute approximate surface area is 163 Å². The van der Waals surface area contributed by atoms with Gasteiger partial charge in [-0.2, -0.15) is 0 Å². The number of halogens is 1. The van der Waals surface area contributed by atoms with Crippen LogP contribution < -0.4 is 4.90 Å². The fraction of sp³-hybridized carbons (Fsp3) is 0.333. The van der Waals surface area contributed by atoms with Crippen molar-refractivity contribution >= 4 is 29.1 Å². The third kappa shape index (κ3) is 2.46. The van der Waals surface area contributed by atoms with Gasteiger partial charge in [-0.1, -0.05) is 41.9 Å². The molecule has 3 fully saturated rings. The van der Waals surface area contributed by atoms with Crippen LogP contribution in [0.4, 0.5) is 5.69 Å². The number of benzene rings is 2. The smallest absolute Gasteiger partial charge is 0.256 e. The molecule has 0 N–H and O–H groups in total. The number of hydrazine groups is 1. The number of amides is 2. The largest absolute Gasteiger partial charge is 0.274 e. The van der Waals surface area contributed by atoms with Crippen LogP contribution in [0, 0.1) is 0 Å². The molecule has 2 unspecified atom stereocenters. The minimum Gasteiger partial charge on any atom is -0.274 e. The summed E-state index contributed by atoms with van der Waals surface area (Å²) in [5.74, 6) is -0.247. The van der Waals surface area contributed by atoms with Gasteiger partial charge in [0.05, 0.1) is 18.2 Å². The fourth-order valence-corrected chi connectivity index (χ4v) is 4.98. The molecule has 2 aromatic carbocycles. The van der Waals surface area contributed by atoms with E-state index in [0.717, 1.165) is 19.5 Å². The Morgan fingerprint density at radius 1 is 0.963 bits per heavy atom. The number of rotatable bonds is 2. The highest BCUT2D eigenvalue weighted by Crippen LogP contribution is 2.50.